The minimum absolute atomic E-state index is 0. The fourth-order valence-corrected chi connectivity index (χ4v) is 4.24. The van der Waals surface area contributed by atoms with Crippen molar-refractivity contribution in [2.24, 2.45) is 0 Å². The first kappa shape index (κ1) is 17.9. The average Bonchev–Trinajstić information content (AvgIpc) is 3.07. The van der Waals surface area contributed by atoms with Crippen molar-refractivity contribution in [1.29, 1.82) is 0 Å². The van der Waals surface area contributed by atoms with Gasteiger partial charge >= 0.3 is 18.9 Å². The molecule has 2 aromatic carbocycles. The second-order valence-electron chi connectivity index (χ2n) is 4.24. The van der Waals surface area contributed by atoms with Gasteiger partial charge in [-0.05, 0) is 12.8 Å². The van der Waals surface area contributed by atoms with Crippen molar-refractivity contribution in [2.75, 3.05) is 13.2 Å². The fourth-order valence-electron chi connectivity index (χ4n) is 1.65. The van der Waals surface area contributed by atoms with E-state index in [-0.39, 0.29) is 18.9 Å². The Hall–Kier alpha value is -0.143. The maximum Gasteiger partial charge on any atom is 1.00 e. The van der Waals surface area contributed by atoms with E-state index in [9.17, 15) is 0 Å². The van der Waals surface area contributed by atoms with Crippen molar-refractivity contribution in [3.8, 4) is 0 Å². The summed E-state index contributed by atoms with van der Waals surface area (Å²) in [6.45, 7) is 2.00. The van der Waals surface area contributed by atoms with E-state index < -0.39 is 0 Å². The van der Waals surface area contributed by atoms with E-state index in [2.05, 4.69) is 60.7 Å². The second-order valence-corrected chi connectivity index (χ2v) is 7.13. The van der Waals surface area contributed by atoms with E-state index >= 15 is 0 Å². The predicted octanol–water partition coefficient (Wildman–Crippen LogP) is 0.978. The third-order valence-corrected chi connectivity index (χ3v) is 5.82. The Morgan fingerprint density at radius 3 is 1.85 bits per heavy atom. The van der Waals surface area contributed by atoms with E-state index in [1.807, 2.05) is 0 Å². The number of hydrogen-bond donors (Lipinski definition) is 0. The van der Waals surface area contributed by atoms with Gasteiger partial charge in [-0.15, -0.1) is 0 Å². The molecule has 1 aliphatic heterocycles. The Labute approximate surface area is 137 Å². The molecule has 0 spiro atoms. The van der Waals surface area contributed by atoms with Crippen LogP contribution in [-0.2, 0) is 4.74 Å². The fraction of sp³-hybridized carbons (Fsp3) is 0.250. The third-order valence-electron chi connectivity index (χ3n) is 2.67. The van der Waals surface area contributed by atoms with Gasteiger partial charge in [0.05, 0.1) is 0 Å². The molecule has 0 radical (unpaired) electrons. The van der Waals surface area contributed by atoms with Gasteiger partial charge in [-0.25, -0.2) is 8.27 Å². The Morgan fingerprint density at radius 2 is 1.35 bits per heavy atom. The smallest absolute Gasteiger partial charge is 0.472 e. The largest absolute Gasteiger partial charge is 1.00 e. The molecule has 1 saturated heterocycles. The molecular weight excluding hydrogens is 277 g/mol. The SMILES string of the molecule is C1CCOC1.[Li+].c1ccc([P-]Pc2ccccc2)cc1. The number of hydrogen-bond acceptors (Lipinski definition) is 1. The van der Waals surface area contributed by atoms with E-state index in [4.69, 9.17) is 4.74 Å². The Kier molecular flexibility index (Phi) is 10.3. The summed E-state index contributed by atoms with van der Waals surface area (Å²) >= 11 is 0. The first-order valence-electron chi connectivity index (χ1n) is 6.60. The summed E-state index contributed by atoms with van der Waals surface area (Å²) in [4.78, 5) is 0. The van der Waals surface area contributed by atoms with Crippen molar-refractivity contribution >= 4 is 27.1 Å². The van der Waals surface area contributed by atoms with Gasteiger partial charge in [0.2, 0.25) is 0 Å². The third kappa shape index (κ3) is 7.59. The topological polar surface area (TPSA) is 9.23 Å². The molecule has 0 bridgehead atoms. The molecule has 4 heteroatoms. The van der Waals surface area contributed by atoms with Crippen molar-refractivity contribution in [1.82, 2.24) is 0 Å². The molecule has 0 N–H and O–H groups in total. The van der Waals surface area contributed by atoms with Crippen LogP contribution in [0.2, 0.25) is 0 Å². The summed E-state index contributed by atoms with van der Waals surface area (Å²) in [5.74, 6) is 0. The van der Waals surface area contributed by atoms with Gasteiger partial charge in [0.25, 0.3) is 0 Å². The summed E-state index contributed by atoms with van der Waals surface area (Å²) in [5.41, 5.74) is 0. The van der Waals surface area contributed by atoms with Crippen LogP contribution in [0.5, 0.6) is 0 Å². The van der Waals surface area contributed by atoms with Gasteiger partial charge < -0.3 is 13.0 Å². The normalized spacial score (nSPS) is 14.2. The van der Waals surface area contributed by atoms with Crippen LogP contribution in [-0.4, -0.2) is 13.2 Å². The molecule has 100 valence electrons. The molecule has 1 fully saturated rings. The monoisotopic (exact) mass is 296 g/mol. The minimum atomic E-state index is 0. The summed E-state index contributed by atoms with van der Waals surface area (Å²) in [6.07, 6.45) is 2.56. The van der Waals surface area contributed by atoms with Crippen molar-refractivity contribution in [2.45, 2.75) is 12.8 Å². The van der Waals surface area contributed by atoms with Gasteiger partial charge in [-0.2, -0.15) is 5.30 Å². The Bertz CT molecular complexity index is 399. The summed E-state index contributed by atoms with van der Waals surface area (Å²) < 4.78 is 4.94. The molecule has 0 amide bonds. The van der Waals surface area contributed by atoms with Crippen LogP contribution >= 0.6 is 16.5 Å². The molecule has 1 nitrogen and oxygen atoms in total. The maximum absolute atomic E-state index is 4.94. The van der Waals surface area contributed by atoms with E-state index in [1.54, 1.807) is 0 Å². The van der Waals surface area contributed by atoms with Gasteiger partial charge in [0.1, 0.15) is 0 Å². The quantitative estimate of drug-likeness (QED) is 0.606. The minimum Gasteiger partial charge on any atom is -0.472 e. The zero-order chi connectivity index (χ0) is 13.2. The van der Waals surface area contributed by atoms with Crippen LogP contribution in [0.1, 0.15) is 12.8 Å². The maximum atomic E-state index is 4.94. The van der Waals surface area contributed by atoms with Gasteiger partial charge in [0, 0.05) is 13.2 Å². The standard InChI is InChI=1S/C12H11P2.C4H8O.Li/c1-3-7-11(8-4-1)13-14-12-9-5-2-6-10-12;1-2-4-5-3-1;/h1-10,13H;1-4H2;/q-1;;+1. The molecule has 20 heavy (non-hydrogen) atoms. The van der Waals surface area contributed by atoms with Crippen LogP contribution in [0, 0.1) is 0 Å². The van der Waals surface area contributed by atoms with Crippen molar-refractivity contribution < 1.29 is 23.6 Å². The van der Waals surface area contributed by atoms with E-state index in [0.717, 1.165) is 21.5 Å². The van der Waals surface area contributed by atoms with Gasteiger partial charge in [-0.3, -0.25) is 0 Å². The molecule has 1 heterocycles. The van der Waals surface area contributed by atoms with Crippen molar-refractivity contribution in [3.05, 3.63) is 60.7 Å². The summed E-state index contributed by atoms with van der Waals surface area (Å²) in [5, 5.41) is 2.83. The predicted molar refractivity (Wildman–Crippen MR) is 87.4 cm³/mol. The van der Waals surface area contributed by atoms with Crippen LogP contribution in [0.25, 0.3) is 0 Å². The molecule has 3 rings (SSSR count). The van der Waals surface area contributed by atoms with Crippen LogP contribution in [0.3, 0.4) is 0 Å². The van der Waals surface area contributed by atoms with E-state index in [0.29, 0.717) is 0 Å². The summed E-state index contributed by atoms with van der Waals surface area (Å²) in [6, 6.07) is 21.2. The van der Waals surface area contributed by atoms with Gasteiger partial charge in [0.15, 0.2) is 0 Å². The zero-order valence-electron chi connectivity index (χ0n) is 12.0. The molecule has 0 aromatic heterocycles. The average molecular weight is 296 g/mol. The first-order valence-corrected chi connectivity index (χ1v) is 9.33. The summed E-state index contributed by atoms with van der Waals surface area (Å²) in [7, 11) is 2.26. The number of benzene rings is 2. The molecule has 0 aliphatic carbocycles. The molecule has 1 atom stereocenters. The van der Waals surface area contributed by atoms with Crippen LogP contribution in [0.15, 0.2) is 60.7 Å². The van der Waals surface area contributed by atoms with Crippen LogP contribution in [0.4, 0.5) is 0 Å². The number of ether oxygens (including phenoxy) is 1. The zero-order valence-corrected chi connectivity index (χ0v) is 13.9. The molecule has 2 aromatic rings. The molecule has 1 aliphatic rings. The number of rotatable bonds is 3. The molecule has 0 saturated carbocycles. The molecule has 1 unspecified atom stereocenters. The molecular formula is C16H19LiOP2. The van der Waals surface area contributed by atoms with Crippen LogP contribution < -0.4 is 29.5 Å². The van der Waals surface area contributed by atoms with Crippen molar-refractivity contribution in [3.63, 3.8) is 0 Å². The second kappa shape index (κ2) is 11.5. The van der Waals surface area contributed by atoms with Gasteiger partial charge in [-0.1, -0.05) is 66.0 Å². The van der Waals surface area contributed by atoms with E-state index in [1.165, 1.54) is 31.7 Å². The Morgan fingerprint density at radius 1 is 0.800 bits per heavy atom. The first-order chi connectivity index (χ1) is 9.45. The Balaban J connectivity index is 0.000000283.